The first kappa shape index (κ1) is 17.5. The summed E-state index contributed by atoms with van der Waals surface area (Å²) in [7, 11) is 0. The van der Waals surface area contributed by atoms with Crippen molar-refractivity contribution in [1.82, 2.24) is 24.2 Å². The SMILES string of the molecule is CC1CN(C(=O)C2CCCc3nn(Cc4ncc(Cl)cc4Cl)c(=O)n32)C1. The van der Waals surface area contributed by atoms with Crippen LogP contribution in [-0.2, 0) is 17.8 Å². The molecule has 1 saturated heterocycles. The van der Waals surface area contributed by atoms with Gasteiger partial charge in [0.15, 0.2) is 0 Å². The Morgan fingerprint density at radius 1 is 1.35 bits per heavy atom. The number of carbonyl (C=O) groups is 1. The van der Waals surface area contributed by atoms with Gasteiger partial charge in [-0.1, -0.05) is 30.1 Å². The molecule has 0 bridgehead atoms. The van der Waals surface area contributed by atoms with Gasteiger partial charge in [0, 0.05) is 25.7 Å². The highest BCUT2D eigenvalue weighted by molar-refractivity contribution is 6.34. The Labute approximate surface area is 160 Å². The number of aryl methyl sites for hydroxylation is 1. The second-order valence-corrected chi connectivity index (χ2v) is 7.91. The zero-order valence-corrected chi connectivity index (χ0v) is 15.9. The Kier molecular flexibility index (Phi) is 4.52. The molecule has 2 aliphatic heterocycles. The number of hydrogen-bond donors (Lipinski definition) is 0. The molecule has 0 N–H and O–H groups in total. The van der Waals surface area contributed by atoms with Crippen LogP contribution < -0.4 is 5.69 Å². The van der Waals surface area contributed by atoms with Crippen molar-refractivity contribution >= 4 is 29.1 Å². The first-order valence-electron chi connectivity index (χ1n) is 8.71. The molecule has 1 fully saturated rings. The average Bonchev–Trinajstić information content (AvgIpc) is 2.90. The van der Waals surface area contributed by atoms with Gasteiger partial charge in [-0.3, -0.25) is 14.3 Å². The van der Waals surface area contributed by atoms with Gasteiger partial charge in [-0.2, -0.15) is 5.10 Å². The zero-order valence-electron chi connectivity index (χ0n) is 14.4. The molecule has 1 unspecified atom stereocenters. The summed E-state index contributed by atoms with van der Waals surface area (Å²) in [4.78, 5) is 31.7. The van der Waals surface area contributed by atoms with Crippen molar-refractivity contribution in [2.75, 3.05) is 13.1 Å². The largest absolute Gasteiger partial charge is 0.347 e. The summed E-state index contributed by atoms with van der Waals surface area (Å²) in [5, 5.41) is 5.25. The maximum atomic E-state index is 12.9. The van der Waals surface area contributed by atoms with Crippen LogP contribution in [-0.4, -0.2) is 43.2 Å². The van der Waals surface area contributed by atoms with Crippen LogP contribution in [0.15, 0.2) is 17.1 Å². The molecule has 2 aromatic rings. The first-order chi connectivity index (χ1) is 12.4. The van der Waals surface area contributed by atoms with E-state index in [9.17, 15) is 9.59 Å². The van der Waals surface area contributed by atoms with Gasteiger partial charge in [0.25, 0.3) is 0 Å². The summed E-state index contributed by atoms with van der Waals surface area (Å²) in [6.07, 6.45) is 3.68. The summed E-state index contributed by atoms with van der Waals surface area (Å²) in [6.45, 7) is 3.79. The van der Waals surface area contributed by atoms with Crippen LogP contribution in [0.2, 0.25) is 10.0 Å². The molecule has 1 atom stereocenters. The normalized spacial score (nSPS) is 20.0. The van der Waals surface area contributed by atoms with Crippen molar-refractivity contribution in [3.63, 3.8) is 0 Å². The third-order valence-electron chi connectivity index (χ3n) is 4.98. The molecule has 1 amide bonds. The van der Waals surface area contributed by atoms with Gasteiger partial charge >= 0.3 is 5.69 Å². The van der Waals surface area contributed by atoms with E-state index in [-0.39, 0.29) is 18.1 Å². The fraction of sp³-hybridized carbons (Fsp3) is 0.529. The first-order valence-corrected chi connectivity index (χ1v) is 9.46. The molecule has 0 aromatic carbocycles. The monoisotopic (exact) mass is 395 g/mol. The molecular formula is C17H19Cl2N5O2. The number of fused-ring (bicyclic) bond motifs is 1. The predicted octanol–water partition coefficient (Wildman–Crippen LogP) is 2.15. The van der Waals surface area contributed by atoms with Crippen molar-refractivity contribution in [2.24, 2.45) is 5.92 Å². The third kappa shape index (κ3) is 3.03. The average molecular weight is 396 g/mol. The maximum Gasteiger partial charge on any atom is 0.347 e. The van der Waals surface area contributed by atoms with Crippen LogP contribution >= 0.6 is 23.2 Å². The molecule has 9 heteroatoms. The van der Waals surface area contributed by atoms with Crippen LogP contribution in [0.1, 0.15) is 37.3 Å². The van der Waals surface area contributed by atoms with Crippen LogP contribution in [0.5, 0.6) is 0 Å². The van der Waals surface area contributed by atoms with Gasteiger partial charge in [0.2, 0.25) is 5.91 Å². The highest BCUT2D eigenvalue weighted by atomic mass is 35.5. The lowest BCUT2D eigenvalue weighted by Gasteiger charge is -2.40. The molecule has 4 rings (SSSR count). The molecule has 0 aliphatic carbocycles. The minimum atomic E-state index is -0.457. The number of halogens is 2. The van der Waals surface area contributed by atoms with E-state index in [2.05, 4.69) is 17.0 Å². The number of carbonyl (C=O) groups excluding carboxylic acids is 1. The zero-order chi connectivity index (χ0) is 18.4. The van der Waals surface area contributed by atoms with Crippen molar-refractivity contribution < 1.29 is 4.79 Å². The summed E-state index contributed by atoms with van der Waals surface area (Å²) in [6, 6.07) is 1.13. The van der Waals surface area contributed by atoms with Crippen molar-refractivity contribution in [2.45, 2.75) is 38.8 Å². The lowest BCUT2D eigenvalue weighted by molar-refractivity contribution is -0.141. The minimum absolute atomic E-state index is 0.0216. The molecule has 0 spiro atoms. The Balaban J connectivity index is 1.64. The van der Waals surface area contributed by atoms with Crippen LogP contribution in [0.25, 0.3) is 0 Å². The molecular weight excluding hydrogens is 377 g/mol. The Morgan fingerprint density at radius 3 is 2.81 bits per heavy atom. The molecule has 0 radical (unpaired) electrons. The lowest BCUT2D eigenvalue weighted by Crippen LogP contribution is -2.52. The summed E-state index contributed by atoms with van der Waals surface area (Å²) in [5.41, 5.74) is 0.229. The van der Waals surface area contributed by atoms with E-state index in [1.807, 2.05) is 4.90 Å². The smallest absolute Gasteiger partial charge is 0.340 e. The predicted molar refractivity (Wildman–Crippen MR) is 97.6 cm³/mol. The van der Waals surface area contributed by atoms with E-state index >= 15 is 0 Å². The fourth-order valence-electron chi connectivity index (χ4n) is 3.66. The summed E-state index contributed by atoms with van der Waals surface area (Å²) < 4.78 is 2.89. The Bertz CT molecular complexity index is 916. The molecule has 7 nitrogen and oxygen atoms in total. The minimum Gasteiger partial charge on any atom is -0.340 e. The molecule has 2 aromatic heterocycles. The maximum absolute atomic E-state index is 12.9. The van der Waals surface area contributed by atoms with E-state index in [0.717, 1.165) is 19.5 Å². The van der Waals surface area contributed by atoms with Crippen molar-refractivity contribution in [3.05, 3.63) is 44.3 Å². The van der Waals surface area contributed by atoms with Gasteiger partial charge < -0.3 is 4.90 Å². The number of amides is 1. The van der Waals surface area contributed by atoms with Gasteiger partial charge in [-0.05, 0) is 24.8 Å². The van der Waals surface area contributed by atoms with Gasteiger partial charge in [0.1, 0.15) is 11.9 Å². The molecule has 0 saturated carbocycles. The van der Waals surface area contributed by atoms with E-state index in [0.29, 0.717) is 40.3 Å². The number of likely N-dealkylation sites (tertiary alicyclic amines) is 1. The third-order valence-corrected chi connectivity index (χ3v) is 5.51. The van der Waals surface area contributed by atoms with Crippen molar-refractivity contribution in [1.29, 1.82) is 0 Å². The molecule has 138 valence electrons. The molecule has 4 heterocycles. The van der Waals surface area contributed by atoms with E-state index in [1.165, 1.54) is 10.9 Å². The highest BCUT2D eigenvalue weighted by Gasteiger charge is 2.37. The van der Waals surface area contributed by atoms with Crippen molar-refractivity contribution in [3.8, 4) is 0 Å². The summed E-state index contributed by atoms with van der Waals surface area (Å²) >= 11 is 12.0. The van der Waals surface area contributed by atoms with E-state index < -0.39 is 6.04 Å². The van der Waals surface area contributed by atoms with Gasteiger partial charge in [0.05, 0.1) is 22.3 Å². The Hall–Kier alpha value is -1.86. The van der Waals surface area contributed by atoms with Crippen LogP contribution in [0.3, 0.4) is 0 Å². The van der Waals surface area contributed by atoms with E-state index in [4.69, 9.17) is 23.2 Å². The number of pyridine rings is 1. The number of aromatic nitrogens is 4. The van der Waals surface area contributed by atoms with Gasteiger partial charge in [-0.15, -0.1) is 0 Å². The Morgan fingerprint density at radius 2 is 2.12 bits per heavy atom. The number of nitrogens with zero attached hydrogens (tertiary/aromatic N) is 5. The highest BCUT2D eigenvalue weighted by Crippen LogP contribution is 2.27. The standard InChI is InChI=1S/C17H19Cl2N5O2/c1-10-7-22(8-10)16(25)14-3-2-4-15-21-23(17(26)24(14)15)9-13-12(19)5-11(18)6-20-13/h5-6,10,14H,2-4,7-9H2,1H3. The number of rotatable bonds is 3. The fourth-order valence-corrected chi connectivity index (χ4v) is 4.10. The quantitative estimate of drug-likeness (QED) is 0.797. The second kappa shape index (κ2) is 6.70. The van der Waals surface area contributed by atoms with E-state index in [1.54, 1.807) is 10.6 Å². The lowest BCUT2D eigenvalue weighted by atomic mass is 9.98. The number of hydrogen-bond acceptors (Lipinski definition) is 4. The van der Waals surface area contributed by atoms with Crippen LogP contribution in [0.4, 0.5) is 0 Å². The topological polar surface area (TPSA) is 73.0 Å². The van der Waals surface area contributed by atoms with Gasteiger partial charge in [-0.25, -0.2) is 9.48 Å². The molecule has 26 heavy (non-hydrogen) atoms. The van der Waals surface area contributed by atoms with Crippen LogP contribution in [0, 0.1) is 5.92 Å². The molecule has 2 aliphatic rings. The second-order valence-electron chi connectivity index (χ2n) is 7.06. The summed E-state index contributed by atoms with van der Waals surface area (Å²) in [5.74, 6) is 1.20.